The van der Waals surface area contributed by atoms with E-state index in [4.69, 9.17) is 5.26 Å². The van der Waals surface area contributed by atoms with Crippen LogP contribution in [0.3, 0.4) is 0 Å². The summed E-state index contributed by atoms with van der Waals surface area (Å²) in [7, 11) is 0. The minimum atomic E-state index is 0.171. The lowest BCUT2D eigenvalue weighted by Gasteiger charge is -2.47. The highest BCUT2D eigenvalue weighted by molar-refractivity contribution is 9.10. The van der Waals surface area contributed by atoms with Crippen LogP contribution in [0.5, 0.6) is 0 Å². The third-order valence-electron chi connectivity index (χ3n) is 4.17. The second-order valence-corrected chi connectivity index (χ2v) is 7.04. The van der Waals surface area contributed by atoms with Crippen LogP contribution in [0.4, 0.5) is 5.69 Å². The average molecular weight is 321 g/mol. The average Bonchev–Trinajstić information content (AvgIpc) is 2.32. The van der Waals surface area contributed by atoms with Gasteiger partial charge in [-0.3, -0.25) is 0 Å². The molecule has 0 aliphatic carbocycles. The molecule has 0 N–H and O–H groups in total. The van der Waals surface area contributed by atoms with Crippen LogP contribution in [0.25, 0.3) is 0 Å². The Labute approximate surface area is 124 Å². The van der Waals surface area contributed by atoms with Crippen molar-refractivity contribution in [1.29, 1.82) is 5.26 Å². The lowest BCUT2D eigenvalue weighted by Crippen LogP contribution is -2.50. The summed E-state index contributed by atoms with van der Waals surface area (Å²) in [6.45, 7) is 7.75. The molecule has 1 fully saturated rings. The van der Waals surface area contributed by atoms with Gasteiger partial charge in [0, 0.05) is 28.7 Å². The largest absolute Gasteiger partial charge is 0.366 e. The molecule has 0 amide bonds. The normalized spacial score (nSPS) is 22.1. The first-order valence-corrected chi connectivity index (χ1v) is 7.64. The molecule has 102 valence electrons. The highest BCUT2D eigenvalue weighted by atomic mass is 79.9. The minimum Gasteiger partial charge on any atom is -0.366 e. The summed E-state index contributed by atoms with van der Waals surface area (Å²) in [6, 6.07) is 8.79. The Hall–Kier alpha value is -1.01. The Morgan fingerprint density at radius 1 is 1.47 bits per heavy atom. The van der Waals surface area contributed by atoms with Crippen molar-refractivity contribution in [3.8, 4) is 6.07 Å². The van der Waals surface area contributed by atoms with Crippen molar-refractivity contribution in [3.63, 3.8) is 0 Å². The van der Waals surface area contributed by atoms with Gasteiger partial charge in [0.15, 0.2) is 0 Å². The zero-order valence-electron chi connectivity index (χ0n) is 11.9. The quantitative estimate of drug-likeness (QED) is 0.792. The molecule has 3 heteroatoms. The van der Waals surface area contributed by atoms with Crippen LogP contribution in [0, 0.1) is 24.2 Å². The number of hydrogen-bond acceptors (Lipinski definition) is 2. The van der Waals surface area contributed by atoms with Crippen molar-refractivity contribution >= 4 is 21.6 Å². The molecular weight excluding hydrogens is 300 g/mol. The molecule has 1 unspecified atom stereocenters. The van der Waals surface area contributed by atoms with Gasteiger partial charge in [0.2, 0.25) is 0 Å². The Morgan fingerprint density at radius 3 is 2.84 bits per heavy atom. The summed E-state index contributed by atoms with van der Waals surface area (Å²) in [5, 5.41) is 8.92. The number of nitrogens with zero attached hydrogens (tertiary/aromatic N) is 2. The monoisotopic (exact) mass is 320 g/mol. The van der Waals surface area contributed by atoms with Gasteiger partial charge in [-0.15, -0.1) is 0 Å². The van der Waals surface area contributed by atoms with Gasteiger partial charge in [-0.05, 0) is 63.3 Å². The molecule has 2 nitrogen and oxygen atoms in total. The van der Waals surface area contributed by atoms with E-state index in [-0.39, 0.29) is 5.54 Å². The van der Waals surface area contributed by atoms with E-state index in [1.165, 1.54) is 11.3 Å². The number of piperidine rings is 1. The predicted molar refractivity (Wildman–Crippen MR) is 83.3 cm³/mol. The van der Waals surface area contributed by atoms with E-state index in [1.807, 2.05) is 0 Å². The fourth-order valence-electron chi connectivity index (χ4n) is 2.93. The zero-order valence-corrected chi connectivity index (χ0v) is 13.5. The second-order valence-electron chi connectivity index (χ2n) is 6.12. The van der Waals surface area contributed by atoms with Crippen LogP contribution in [0.1, 0.15) is 38.7 Å². The number of rotatable bonds is 2. The Bertz CT molecular complexity index is 502. The molecule has 1 aromatic rings. The predicted octanol–water partition coefficient (Wildman–Crippen LogP) is 4.67. The number of benzene rings is 1. The van der Waals surface area contributed by atoms with Gasteiger partial charge >= 0.3 is 0 Å². The van der Waals surface area contributed by atoms with Crippen molar-refractivity contribution < 1.29 is 0 Å². The molecule has 1 aromatic carbocycles. The van der Waals surface area contributed by atoms with E-state index in [0.717, 1.165) is 23.9 Å². The molecule has 0 saturated carbocycles. The molecular formula is C16H21BrN2. The van der Waals surface area contributed by atoms with Crippen LogP contribution in [-0.4, -0.2) is 12.1 Å². The molecule has 1 aliphatic heterocycles. The fraction of sp³-hybridized carbons (Fsp3) is 0.562. The molecule has 0 aromatic heterocycles. The molecule has 1 heterocycles. The fourth-order valence-corrected chi connectivity index (χ4v) is 3.41. The van der Waals surface area contributed by atoms with Crippen LogP contribution in [0.2, 0.25) is 0 Å². The molecule has 1 aliphatic rings. The first kappa shape index (κ1) is 14.4. The summed E-state index contributed by atoms with van der Waals surface area (Å²) in [5.74, 6) is 0.501. The second kappa shape index (κ2) is 5.54. The molecule has 0 bridgehead atoms. The number of halogens is 1. The van der Waals surface area contributed by atoms with Crippen molar-refractivity contribution in [3.05, 3.63) is 28.2 Å². The number of aryl methyl sites for hydroxylation is 1. The SMILES string of the molecule is Cc1cc(Br)ccc1N1CC(CC#N)CCC1(C)C. The van der Waals surface area contributed by atoms with Gasteiger partial charge in [-0.1, -0.05) is 15.9 Å². The Kier molecular flexibility index (Phi) is 4.20. The number of anilines is 1. The third-order valence-corrected chi connectivity index (χ3v) is 4.66. The summed E-state index contributed by atoms with van der Waals surface area (Å²) in [5.41, 5.74) is 2.76. The van der Waals surface area contributed by atoms with Crippen LogP contribution in [-0.2, 0) is 0 Å². The van der Waals surface area contributed by atoms with E-state index in [0.29, 0.717) is 12.3 Å². The summed E-state index contributed by atoms with van der Waals surface area (Å²) < 4.78 is 1.12. The van der Waals surface area contributed by atoms with E-state index >= 15 is 0 Å². The van der Waals surface area contributed by atoms with Gasteiger partial charge in [0.05, 0.1) is 6.07 Å². The molecule has 1 saturated heterocycles. The minimum absolute atomic E-state index is 0.171. The van der Waals surface area contributed by atoms with Crippen molar-refractivity contribution in [1.82, 2.24) is 0 Å². The molecule has 19 heavy (non-hydrogen) atoms. The smallest absolute Gasteiger partial charge is 0.0625 e. The molecule has 0 spiro atoms. The summed E-state index contributed by atoms with van der Waals surface area (Å²) in [6.07, 6.45) is 2.98. The van der Waals surface area contributed by atoms with Crippen molar-refractivity contribution in [2.75, 3.05) is 11.4 Å². The Balaban J connectivity index is 2.31. The number of nitriles is 1. The van der Waals surface area contributed by atoms with Gasteiger partial charge < -0.3 is 4.90 Å². The van der Waals surface area contributed by atoms with Crippen LogP contribution >= 0.6 is 15.9 Å². The maximum Gasteiger partial charge on any atom is 0.0625 e. The van der Waals surface area contributed by atoms with Crippen LogP contribution in [0.15, 0.2) is 22.7 Å². The van der Waals surface area contributed by atoms with Gasteiger partial charge in [-0.25, -0.2) is 0 Å². The maximum atomic E-state index is 8.92. The molecule has 1 atom stereocenters. The zero-order chi connectivity index (χ0) is 14.0. The number of hydrogen-bond donors (Lipinski definition) is 0. The Morgan fingerprint density at radius 2 is 2.21 bits per heavy atom. The van der Waals surface area contributed by atoms with Gasteiger partial charge in [-0.2, -0.15) is 5.26 Å². The molecule has 0 radical (unpaired) electrons. The van der Waals surface area contributed by atoms with E-state index in [9.17, 15) is 0 Å². The van der Waals surface area contributed by atoms with E-state index < -0.39 is 0 Å². The van der Waals surface area contributed by atoms with Crippen LogP contribution < -0.4 is 4.90 Å². The highest BCUT2D eigenvalue weighted by Gasteiger charge is 2.34. The lowest BCUT2D eigenvalue weighted by atomic mass is 9.83. The van der Waals surface area contributed by atoms with Gasteiger partial charge in [0.25, 0.3) is 0 Å². The topological polar surface area (TPSA) is 27.0 Å². The summed E-state index contributed by atoms with van der Waals surface area (Å²) in [4.78, 5) is 2.49. The summed E-state index contributed by atoms with van der Waals surface area (Å²) >= 11 is 3.52. The maximum absolute atomic E-state index is 8.92. The lowest BCUT2D eigenvalue weighted by molar-refractivity contribution is 0.293. The van der Waals surface area contributed by atoms with E-state index in [2.05, 4.69) is 65.9 Å². The van der Waals surface area contributed by atoms with Gasteiger partial charge in [0.1, 0.15) is 0 Å². The third kappa shape index (κ3) is 3.12. The standard InChI is InChI=1S/C16H21BrN2/c1-12-10-14(17)4-5-15(12)19-11-13(7-9-18)6-8-16(19,2)3/h4-5,10,13H,6-8,11H2,1-3H3. The van der Waals surface area contributed by atoms with E-state index in [1.54, 1.807) is 0 Å². The highest BCUT2D eigenvalue weighted by Crippen LogP contribution is 2.37. The first-order chi connectivity index (χ1) is 8.94. The van der Waals surface area contributed by atoms with Crippen molar-refractivity contribution in [2.24, 2.45) is 5.92 Å². The first-order valence-electron chi connectivity index (χ1n) is 6.85. The molecule has 2 rings (SSSR count). The van der Waals surface area contributed by atoms with Crippen molar-refractivity contribution in [2.45, 2.75) is 45.6 Å².